The van der Waals surface area contributed by atoms with Crippen LogP contribution in [0.15, 0.2) is 24.3 Å². The summed E-state index contributed by atoms with van der Waals surface area (Å²) in [7, 11) is 0. The van der Waals surface area contributed by atoms with E-state index in [2.05, 4.69) is 36.6 Å². The van der Waals surface area contributed by atoms with Crippen LogP contribution < -0.4 is 10.6 Å². The SMILES string of the molecule is CC(CC1CCCCCN1)N[C@H](C)c1cccc(Cl)c1. The van der Waals surface area contributed by atoms with E-state index in [1.807, 2.05) is 12.1 Å². The first-order valence-corrected chi connectivity index (χ1v) is 8.28. The Morgan fingerprint density at radius 2 is 2.15 bits per heavy atom. The number of hydrogen-bond acceptors (Lipinski definition) is 2. The Bertz CT molecular complexity index is 400. The van der Waals surface area contributed by atoms with Gasteiger partial charge in [0.15, 0.2) is 0 Å². The van der Waals surface area contributed by atoms with Gasteiger partial charge < -0.3 is 10.6 Å². The standard InChI is InChI=1S/C17H27ClN2/c1-13(11-17-9-4-3-5-10-19-17)20-14(2)15-7-6-8-16(18)12-15/h6-8,12-14,17,19-20H,3-5,9-11H2,1-2H3/t13?,14-,17?/m1/s1. The third kappa shape index (κ3) is 5.08. The second-order valence-electron chi connectivity index (χ2n) is 6.08. The highest BCUT2D eigenvalue weighted by Crippen LogP contribution is 2.19. The van der Waals surface area contributed by atoms with Crippen LogP contribution in [0, 0.1) is 0 Å². The Morgan fingerprint density at radius 1 is 1.30 bits per heavy atom. The molecule has 2 unspecified atom stereocenters. The molecule has 1 aliphatic rings. The maximum Gasteiger partial charge on any atom is 0.0409 e. The quantitative estimate of drug-likeness (QED) is 0.846. The fraction of sp³-hybridized carbons (Fsp3) is 0.647. The van der Waals surface area contributed by atoms with Crippen LogP contribution in [0.4, 0.5) is 0 Å². The van der Waals surface area contributed by atoms with Crippen LogP contribution in [-0.4, -0.2) is 18.6 Å². The van der Waals surface area contributed by atoms with Gasteiger partial charge in [-0.2, -0.15) is 0 Å². The van der Waals surface area contributed by atoms with Crippen molar-refractivity contribution in [1.29, 1.82) is 0 Å². The Hall–Kier alpha value is -0.570. The topological polar surface area (TPSA) is 24.1 Å². The zero-order valence-electron chi connectivity index (χ0n) is 12.7. The van der Waals surface area contributed by atoms with Gasteiger partial charge in [0.2, 0.25) is 0 Å². The highest BCUT2D eigenvalue weighted by molar-refractivity contribution is 6.30. The number of rotatable bonds is 5. The molecule has 3 heteroatoms. The van der Waals surface area contributed by atoms with Gasteiger partial charge in [-0.15, -0.1) is 0 Å². The molecule has 20 heavy (non-hydrogen) atoms. The van der Waals surface area contributed by atoms with E-state index in [9.17, 15) is 0 Å². The molecule has 2 N–H and O–H groups in total. The zero-order valence-corrected chi connectivity index (χ0v) is 13.4. The normalized spacial score (nSPS) is 23.1. The molecule has 0 radical (unpaired) electrons. The molecule has 0 aromatic heterocycles. The number of hydrogen-bond donors (Lipinski definition) is 2. The molecule has 0 aliphatic carbocycles. The minimum absolute atomic E-state index is 0.342. The highest BCUT2D eigenvalue weighted by atomic mass is 35.5. The van der Waals surface area contributed by atoms with E-state index in [1.54, 1.807) is 0 Å². The van der Waals surface area contributed by atoms with Crippen LogP contribution in [0.1, 0.15) is 57.6 Å². The van der Waals surface area contributed by atoms with E-state index in [1.165, 1.54) is 44.2 Å². The zero-order chi connectivity index (χ0) is 14.4. The largest absolute Gasteiger partial charge is 0.314 e. The average Bonchev–Trinajstić information content (AvgIpc) is 2.67. The average molecular weight is 295 g/mol. The lowest BCUT2D eigenvalue weighted by Gasteiger charge is -2.25. The summed E-state index contributed by atoms with van der Waals surface area (Å²) in [6, 6.07) is 9.67. The van der Waals surface area contributed by atoms with Gasteiger partial charge in [-0.25, -0.2) is 0 Å². The Balaban J connectivity index is 1.82. The second-order valence-corrected chi connectivity index (χ2v) is 6.52. The lowest BCUT2D eigenvalue weighted by atomic mass is 10.0. The van der Waals surface area contributed by atoms with Crippen LogP contribution >= 0.6 is 11.6 Å². The van der Waals surface area contributed by atoms with Crippen LogP contribution in [-0.2, 0) is 0 Å². The molecule has 1 aliphatic heterocycles. The summed E-state index contributed by atoms with van der Waals surface area (Å²) in [4.78, 5) is 0. The predicted molar refractivity (Wildman–Crippen MR) is 87.3 cm³/mol. The lowest BCUT2D eigenvalue weighted by Crippen LogP contribution is -2.37. The van der Waals surface area contributed by atoms with Crippen LogP contribution in [0.2, 0.25) is 5.02 Å². The lowest BCUT2D eigenvalue weighted by molar-refractivity contribution is 0.380. The summed E-state index contributed by atoms with van der Waals surface area (Å²) in [6.45, 7) is 5.68. The van der Waals surface area contributed by atoms with Gasteiger partial charge in [-0.3, -0.25) is 0 Å². The molecular weight excluding hydrogens is 268 g/mol. The van der Waals surface area contributed by atoms with Crippen molar-refractivity contribution < 1.29 is 0 Å². The van der Waals surface area contributed by atoms with Crippen LogP contribution in [0.5, 0.6) is 0 Å². The maximum absolute atomic E-state index is 6.06. The molecule has 2 rings (SSSR count). The number of nitrogens with one attached hydrogen (secondary N) is 2. The molecular formula is C17H27ClN2. The molecule has 112 valence electrons. The molecule has 1 aromatic carbocycles. The Kier molecular flexibility index (Phi) is 6.34. The number of benzene rings is 1. The van der Waals surface area contributed by atoms with Crippen molar-refractivity contribution in [3.63, 3.8) is 0 Å². The molecule has 0 saturated carbocycles. The van der Waals surface area contributed by atoms with E-state index >= 15 is 0 Å². The summed E-state index contributed by atoms with van der Waals surface area (Å²) in [5.74, 6) is 0. The molecule has 0 bridgehead atoms. The van der Waals surface area contributed by atoms with Crippen molar-refractivity contribution in [3.05, 3.63) is 34.9 Å². The fourth-order valence-electron chi connectivity index (χ4n) is 3.10. The van der Waals surface area contributed by atoms with Crippen LogP contribution in [0.25, 0.3) is 0 Å². The maximum atomic E-state index is 6.06. The first-order chi connectivity index (χ1) is 9.65. The van der Waals surface area contributed by atoms with Gasteiger partial charge >= 0.3 is 0 Å². The second kappa shape index (κ2) is 8.02. The van der Waals surface area contributed by atoms with Gasteiger partial charge in [0.1, 0.15) is 0 Å². The molecule has 0 spiro atoms. The Labute approximate surface area is 128 Å². The first-order valence-electron chi connectivity index (χ1n) is 7.90. The Morgan fingerprint density at radius 3 is 2.95 bits per heavy atom. The third-order valence-corrected chi connectivity index (χ3v) is 4.42. The van der Waals surface area contributed by atoms with Gasteiger partial charge in [0.25, 0.3) is 0 Å². The van der Waals surface area contributed by atoms with Crippen molar-refractivity contribution in [2.75, 3.05) is 6.54 Å². The summed E-state index contributed by atoms with van der Waals surface area (Å²) in [5, 5.41) is 8.18. The third-order valence-electron chi connectivity index (χ3n) is 4.18. The highest BCUT2D eigenvalue weighted by Gasteiger charge is 2.16. The molecule has 0 amide bonds. The van der Waals surface area contributed by atoms with Crippen molar-refractivity contribution >= 4 is 11.6 Å². The van der Waals surface area contributed by atoms with Crippen molar-refractivity contribution in [1.82, 2.24) is 10.6 Å². The molecule has 1 saturated heterocycles. The summed E-state index contributed by atoms with van der Waals surface area (Å²) < 4.78 is 0. The molecule has 3 atom stereocenters. The number of halogens is 1. The smallest absolute Gasteiger partial charge is 0.0409 e. The minimum Gasteiger partial charge on any atom is -0.314 e. The molecule has 2 nitrogen and oxygen atoms in total. The van der Waals surface area contributed by atoms with E-state index < -0.39 is 0 Å². The molecule has 1 fully saturated rings. The summed E-state index contributed by atoms with van der Waals surface area (Å²) in [5.41, 5.74) is 1.26. The molecule has 1 aromatic rings. The van der Waals surface area contributed by atoms with Gasteiger partial charge in [-0.05, 0) is 57.4 Å². The van der Waals surface area contributed by atoms with Crippen molar-refractivity contribution in [2.24, 2.45) is 0 Å². The predicted octanol–water partition coefficient (Wildman–Crippen LogP) is 4.30. The van der Waals surface area contributed by atoms with Gasteiger partial charge in [0, 0.05) is 23.1 Å². The van der Waals surface area contributed by atoms with Gasteiger partial charge in [0.05, 0.1) is 0 Å². The van der Waals surface area contributed by atoms with E-state index in [-0.39, 0.29) is 0 Å². The summed E-state index contributed by atoms with van der Waals surface area (Å²) >= 11 is 6.06. The first kappa shape index (κ1) is 15.8. The van der Waals surface area contributed by atoms with E-state index in [0.717, 1.165) is 5.02 Å². The van der Waals surface area contributed by atoms with E-state index in [4.69, 9.17) is 11.6 Å². The van der Waals surface area contributed by atoms with E-state index in [0.29, 0.717) is 18.1 Å². The van der Waals surface area contributed by atoms with Crippen molar-refractivity contribution in [3.8, 4) is 0 Å². The summed E-state index contributed by atoms with van der Waals surface area (Å²) in [6.07, 6.45) is 6.60. The molecule has 1 heterocycles. The van der Waals surface area contributed by atoms with Gasteiger partial charge in [-0.1, -0.05) is 36.6 Å². The van der Waals surface area contributed by atoms with Crippen molar-refractivity contribution in [2.45, 2.75) is 64.1 Å². The van der Waals surface area contributed by atoms with Crippen LogP contribution in [0.3, 0.4) is 0 Å². The minimum atomic E-state index is 0.342. The fourth-order valence-corrected chi connectivity index (χ4v) is 3.29. The monoisotopic (exact) mass is 294 g/mol.